The van der Waals surface area contributed by atoms with E-state index in [9.17, 15) is 4.79 Å². The molecular formula is C15H21ClN2O. The minimum Gasteiger partial charge on any atom is -0.338 e. The number of hydrogen-bond donors (Lipinski definition) is 1. The number of halogens is 1. The van der Waals surface area contributed by atoms with Crippen LogP contribution in [-0.2, 0) is 6.42 Å². The Morgan fingerprint density at radius 3 is 2.63 bits per heavy atom. The molecule has 0 aliphatic carbocycles. The van der Waals surface area contributed by atoms with Crippen LogP contribution in [-0.4, -0.2) is 30.6 Å². The van der Waals surface area contributed by atoms with E-state index in [1.165, 1.54) is 12.8 Å². The lowest BCUT2D eigenvalue weighted by Crippen LogP contribution is -2.41. The first-order valence-corrected chi connectivity index (χ1v) is 7.41. The molecule has 0 unspecified atom stereocenters. The molecular weight excluding hydrogens is 260 g/mol. The summed E-state index contributed by atoms with van der Waals surface area (Å²) in [5.41, 5.74) is 1.16. The van der Waals surface area contributed by atoms with E-state index in [1.54, 1.807) is 0 Å². The van der Waals surface area contributed by atoms with Crippen LogP contribution >= 0.6 is 11.6 Å². The van der Waals surface area contributed by atoms with Gasteiger partial charge in [0.25, 0.3) is 0 Å². The molecule has 2 amide bonds. The van der Waals surface area contributed by atoms with Gasteiger partial charge in [-0.25, -0.2) is 4.79 Å². The Morgan fingerprint density at radius 2 is 1.95 bits per heavy atom. The van der Waals surface area contributed by atoms with Crippen LogP contribution in [0.25, 0.3) is 0 Å². The molecule has 1 fully saturated rings. The van der Waals surface area contributed by atoms with Gasteiger partial charge in [0.1, 0.15) is 0 Å². The standard InChI is InChI=1S/C15H21ClN2O/c16-14-7-5-6-13(12-14)8-9-17-15(19)18-10-3-1-2-4-11-18/h5-7,12H,1-4,8-11H2,(H,17,19). The molecule has 1 saturated heterocycles. The fourth-order valence-corrected chi connectivity index (χ4v) is 2.60. The first-order chi connectivity index (χ1) is 9.25. The molecule has 0 saturated carbocycles. The fourth-order valence-electron chi connectivity index (χ4n) is 2.39. The maximum absolute atomic E-state index is 12.0. The summed E-state index contributed by atoms with van der Waals surface area (Å²) in [7, 11) is 0. The molecule has 3 nitrogen and oxygen atoms in total. The first kappa shape index (κ1) is 14.2. The Labute approximate surface area is 119 Å². The zero-order valence-electron chi connectivity index (χ0n) is 11.2. The quantitative estimate of drug-likeness (QED) is 0.903. The van der Waals surface area contributed by atoms with Gasteiger partial charge in [0, 0.05) is 24.7 Å². The zero-order chi connectivity index (χ0) is 13.5. The van der Waals surface area contributed by atoms with Gasteiger partial charge in [0.05, 0.1) is 0 Å². The molecule has 1 heterocycles. The third-order valence-corrected chi connectivity index (χ3v) is 3.71. The van der Waals surface area contributed by atoms with Crippen molar-refractivity contribution in [3.63, 3.8) is 0 Å². The van der Waals surface area contributed by atoms with E-state index < -0.39 is 0 Å². The summed E-state index contributed by atoms with van der Waals surface area (Å²) in [5.74, 6) is 0. The summed E-state index contributed by atoms with van der Waals surface area (Å²) in [6.45, 7) is 2.45. The highest BCUT2D eigenvalue weighted by atomic mass is 35.5. The SMILES string of the molecule is O=C(NCCc1cccc(Cl)c1)N1CCCCCC1. The molecule has 1 aromatic rings. The molecule has 104 valence electrons. The van der Waals surface area contributed by atoms with Gasteiger partial charge in [-0.2, -0.15) is 0 Å². The maximum Gasteiger partial charge on any atom is 0.317 e. The van der Waals surface area contributed by atoms with Gasteiger partial charge < -0.3 is 10.2 Å². The highest BCUT2D eigenvalue weighted by Crippen LogP contribution is 2.11. The van der Waals surface area contributed by atoms with Gasteiger partial charge in [-0.15, -0.1) is 0 Å². The van der Waals surface area contributed by atoms with E-state index in [-0.39, 0.29) is 6.03 Å². The van der Waals surface area contributed by atoms with Crippen LogP contribution in [0.2, 0.25) is 5.02 Å². The summed E-state index contributed by atoms with van der Waals surface area (Å²) < 4.78 is 0. The Hall–Kier alpha value is -1.22. The minimum absolute atomic E-state index is 0.0731. The van der Waals surface area contributed by atoms with Crippen LogP contribution in [0.15, 0.2) is 24.3 Å². The van der Waals surface area contributed by atoms with Crippen molar-refractivity contribution in [3.05, 3.63) is 34.9 Å². The molecule has 1 N–H and O–H groups in total. The number of carbonyl (C=O) groups excluding carboxylic acids is 1. The lowest BCUT2D eigenvalue weighted by atomic mass is 10.1. The average Bonchev–Trinajstić information content (AvgIpc) is 2.67. The number of benzene rings is 1. The van der Waals surface area contributed by atoms with Crippen molar-refractivity contribution in [1.82, 2.24) is 10.2 Å². The van der Waals surface area contributed by atoms with Gasteiger partial charge in [-0.1, -0.05) is 36.6 Å². The molecule has 2 rings (SSSR count). The number of carbonyl (C=O) groups is 1. The van der Waals surface area contributed by atoms with Crippen molar-refractivity contribution in [1.29, 1.82) is 0 Å². The van der Waals surface area contributed by atoms with Crippen LogP contribution in [0.4, 0.5) is 4.79 Å². The van der Waals surface area contributed by atoms with Crippen molar-refractivity contribution < 1.29 is 4.79 Å². The molecule has 0 radical (unpaired) electrons. The number of nitrogens with one attached hydrogen (secondary N) is 1. The Morgan fingerprint density at radius 1 is 1.21 bits per heavy atom. The average molecular weight is 281 g/mol. The third kappa shape index (κ3) is 4.75. The maximum atomic E-state index is 12.0. The molecule has 4 heteroatoms. The summed E-state index contributed by atoms with van der Waals surface area (Å²) in [5, 5.41) is 3.74. The minimum atomic E-state index is 0.0731. The Kier molecular flexibility index (Phi) is 5.52. The second kappa shape index (κ2) is 7.39. The molecule has 1 aromatic carbocycles. The van der Waals surface area contributed by atoms with Crippen LogP contribution in [0.5, 0.6) is 0 Å². The van der Waals surface area contributed by atoms with Gasteiger partial charge in [0.15, 0.2) is 0 Å². The zero-order valence-corrected chi connectivity index (χ0v) is 12.0. The van der Waals surface area contributed by atoms with E-state index in [1.807, 2.05) is 29.2 Å². The lowest BCUT2D eigenvalue weighted by Gasteiger charge is -2.20. The van der Waals surface area contributed by atoms with Crippen LogP contribution in [0.3, 0.4) is 0 Å². The van der Waals surface area contributed by atoms with Crippen molar-refractivity contribution >= 4 is 17.6 Å². The van der Waals surface area contributed by atoms with E-state index >= 15 is 0 Å². The second-order valence-corrected chi connectivity index (χ2v) is 5.45. The van der Waals surface area contributed by atoms with Crippen molar-refractivity contribution in [3.8, 4) is 0 Å². The van der Waals surface area contributed by atoms with Crippen molar-refractivity contribution in [2.24, 2.45) is 0 Å². The predicted octanol–water partition coefficient (Wildman–Crippen LogP) is 3.47. The lowest BCUT2D eigenvalue weighted by molar-refractivity contribution is 0.200. The van der Waals surface area contributed by atoms with Crippen molar-refractivity contribution in [2.45, 2.75) is 32.1 Å². The highest BCUT2D eigenvalue weighted by Gasteiger charge is 2.14. The second-order valence-electron chi connectivity index (χ2n) is 5.01. The summed E-state index contributed by atoms with van der Waals surface area (Å²) in [6, 6.07) is 7.85. The van der Waals surface area contributed by atoms with Crippen molar-refractivity contribution in [2.75, 3.05) is 19.6 Å². The summed E-state index contributed by atoms with van der Waals surface area (Å²) in [4.78, 5) is 13.9. The molecule has 1 aliphatic heterocycles. The molecule has 1 aliphatic rings. The molecule has 19 heavy (non-hydrogen) atoms. The van der Waals surface area contributed by atoms with E-state index in [0.29, 0.717) is 6.54 Å². The first-order valence-electron chi connectivity index (χ1n) is 7.03. The van der Waals surface area contributed by atoms with E-state index in [4.69, 9.17) is 11.6 Å². The van der Waals surface area contributed by atoms with Gasteiger partial charge in [0.2, 0.25) is 0 Å². The number of rotatable bonds is 3. The fraction of sp³-hybridized carbons (Fsp3) is 0.533. The molecule has 0 aromatic heterocycles. The smallest absolute Gasteiger partial charge is 0.317 e. The van der Waals surface area contributed by atoms with Gasteiger partial charge in [-0.3, -0.25) is 0 Å². The van der Waals surface area contributed by atoms with Gasteiger partial charge in [-0.05, 0) is 37.0 Å². The number of hydrogen-bond acceptors (Lipinski definition) is 1. The number of nitrogens with zero attached hydrogens (tertiary/aromatic N) is 1. The predicted molar refractivity (Wildman–Crippen MR) is 78.6 cm³/mol. The normalized spacial score (nSPS) is 15.9. The van der Waals surface area contributed by atoms with Crippen LogP contribution in [0.1, 0.15) is 31.2 Å². The van der Waals surface area contributed by atoms with Crippen LogP contribution < -0.4 is 5.32 Å². The molecule has 0 bridgehead atoms. The Bertz CT molecular complexity index is 414. The number of likely N-dealkylation sites (tertiary alicyclic amines) is 1. The van der Waals surface area contributed by atoms with Crippen LogP contribution in [0, 0.1) is 0 Å². The van der Waals surface area contributed by atoms with E-state index in [0.717, 1.165) is 42.9 Å². The summed E-state index contributed by atoms with van der Waals surface area (Å²) >= 11 is 5.93. The highest BCUT2D eigenvalue weighted by molar-refractivity contribution is 6.30. The third-order valence-electron chi connectivity index (χ3n) is 3.47. The molecule has 0 spiro atoms. The Balaban J connectivity index is 1.74. The largest absolute Gasteiger partial charge is 0.338 e. The van der Waals surface area contributed by atoms with Gasteiger partial charge >= 0.3 is 6.03 Å². The summed E-state index contributed by atoms with van der Waals surface area (Å²) in [6.07, 6.45) is 5.56. The molecule has 0 atom stereocenters. The monoisotopic (exact) mass is 280 g/mol. The number of amides is 2. The number of urea groups is 1. The topological polar surface area (TPSA) is 32.3 Å². The van der Waals surface area contributed by atoms with E-state index in [2.05, 4.69) is 5.32 Å².